The van der Waals surface area contributed by atoms with Crippen molar-refractivity contribution in [3.63, 3.8) is 0 Å². The molecule has 1 atom stereocenters. The fourth-order valence-corrected chi connectivity index (χ4v) is 2.86. The van der Waals surface area contributed by atoms with Gasteiger partial charge in [0.15, 0.2) is 0 Å². The van der Waals surface area contributed by atoms with Crippen LogP contribution in [0.2, 0.25) is 0 Å². The number of nitrogens with one attached hydrogen (secondary N) is 1. The van der Waals surface area contributed by atoms with Crippen LogP contribution in [0.4, 0.5) is 8.78 Å². The Morgan fingerprint density at radius 2 is 2.00 bits per heavy atom. The van der Waals surface area contributed by atoms with Crippen LogP contribution < -0.4 is 10.1 Å². The number of alkyl halides is 2. The molecule has 2 aromatic rings. The number of benzene rings is 1. The highest BCUT2D eigenvalue weighted by Crippen LogP contribution is 2.26. The molecular weight excluding hydrogens is 324 g/mol. The second-order valence-corrected chi connectivity index (χ2v) is 5.86. The first-order chi connectivity index (χ1) is 11.1. The number of halogens is 2. The van der Waals surface area contributed by atoms with Crippen LogP contribution in [0.15, 0.2) is 41.8 Å². The maximum atomic E-state index is 12.3. The van der Waals surface area contributed by atoms with Gasteiger partial charge in [-0.05, 0) is 23.4 Å². The number of hydrogen-bond donors (Lipinski definition) is 2. The molecule has 1 aromatic heterocycles. The minimum absolute atomic E-state index is 0.0833. The lowest BCUT2D eigenvalue weighted by molar-refractivity contribution is -0.0498. The van der Waals surface area contributed by atoms with E-state index in [2.05, 4.69) is 10.1 Å². The minimum Gasteiger partial charge on any atom is -0.433 e. The van der Waals surface area contributed by atoms with Crippen LogP contribution in [0, 0.1) is 5.92 Å². The summed E-state index contributed by atoms with van der Waals surface area (Å²) in [5, 5.41) is 13.6. The average molecular weight is 341 g/mol. The standard InChI is InChI=1S/C16H17F2NO3S/c17-16(18)22-13-6-7-23-14(13)15(21)19-9-12(10-20)8-11-4-2-1-3-5-11/h1-7,12,16,20H,8-10H2,(H,19,21). The summed E-state index contributed by atoms with van der Waals surface area (Å²) in [5.41, 5.74) is 1.05. The predicted molar refractivity (Wildman–Crippen MR) is 84.0 cm³/mol. The summed E-state index contributed by atoms with van der Waals surface area (Å²) in [4.78, 5) is 12.2. The van der Waals surface area contributed by atoms with E-state index in [0.29, 0.717) is 6.42 Å². The first-order valence-corrected chi connectivity index (χ1v) is 7.93. The van der Waals surface area contributed by atoms with Crippen molar-refractivity contribution in [3.05, 3.63) is 52.2 Å². The highest BCUT2D eigenvalue weighted by atomic mass is 32.1. The van der Waals surface area contributed by atoms with Gasteiger partial charge in [-0.3, -0.25) is 4.79 Å². The SMILES string of the molecule is O=C(NCC(CO)Cc1ccccc1)c1sccc1OC(F)F. The van der Waals surface area contributed by atoms with E-state index in [1.807, 2.05) is 30.3 Å². The Kier molecular flexibility index (Phi) is 6.49. The molecule has 0 bridgehead atoms. The summed E-state index contributed by atoms with van der Waals surface area (Å²) < 4.78 is 28.8. The lowest BCUT2D eigenvalue weighted by Gasteiger charge is -2.15. The van der Waals surface area contributed by atoms with Crippen molar-refractivity contribution in [2.45, 2.75) is 13.0 Å². The molecule has 1 aromatic carbocycles. The van der Waals surface area contributed by atoms with Crippen molar-refractivity contribution in [1.29, 1.82) is 0 Å². The normalized spacial score (nSPS) is 12.2. The van der Waals surface area contributed by atoms with Gasteiger partial charge < -0.3 is 15.2 Å². The zero-order chi connectivity index (χ0) is 16.7. The van der Waals surface area contributed by atoms with E-state index in [9.17, 15) is 18.7 Å². The van der Waals surface area contributed by atoms with Crippen LogP contribution in [-0.2, 0) is 6.42 Å². The zero-order valence-corrected chi connectivity index (χ0v) is 13.1. The number of carbonyl (C=O) groups excluding carboxylic acids is 1. The van der Waals surface area contributed by atoms with Crippen molar-refractivity contribution in [1.82, 2.24) is 5.32 Å². The van der Waals surface area contributed by atoms with E-state index in [1.165, 1.54) is 11.4 Å². The first-order valence-electron chi connectivity index (χ1n) is 7.05. The number of amides is 1. The summed E-state index contributed by atoms with van der Waals surface area (Å²) in [5.74, 6) is -0.769. The quantitative estimate of drug-likeness (QED) is 0.776. The Bertz CT molecular complexity index is 619. The Labute approximate surface area is 136 Å². The molecule has 2 rings (SSSR count). The molecule has 0 radical (unpaired) electrons. The molecule has 23 heavy (non-hydrogen) atoms. The maximum Gasteiger partial charge on any atom is 0.387 e. The third-order valence-electron chi connectivity index (χ3n) is 3.23. The van der Waals surface area contributed by atoms with Gasteiger partial charge in [0.05, 0.1) is 0 Å². The largest absolute Gasteiger partial charge is 0.433 e. The number of carbonyl (C=O) groups is 1. The van der Waals surface area contributed by atoms with Gasteiger partial charge in [-0.1, -0.05) is 30.3 Å². The number of hydrogen-bond acceptors (Lipinski definition) is 4. The molecule has 0 saturated heterocycles. The van der Waals surface area contributed by atoms with Gasteiger partial charge in [-0.15, -0.1) is 11.3 Å². The van der Waals surface area contributed by atoms with Gasteiger partial charge in [0.1, 0.15) is 10.6 Å². The third kappa shape index (κ3) is 5.30. The van der Waals surface area contributed by atoms with Crippen LogP contribution >= 0.6 is 11.3 Å². The number of aliphatic hydroxyl groups is 1. The van der Waals surface area contributed by atoms with Crippen LogP contribution in [0.1, 0.15) is 15.2 Å². The van der Waals surface area contributed by atoms with Gasteiger partial charge in [0.2, 0.25) is 0 Å². The van der Waals surface area contributed by atoms with Crippen LogP contribution in [0.5, 0.6) is 5.75 Å². The molecule has 1 amide bonds. The molecule has 0 aliphatic carbocycles. The van der Waals surface area contributed by atoms with Gasteiger partial charge in [-0.25, -0.2) is 0 Å². The second kappa shape index (κ2) is 8.59. The van der Waals surface area contributed by atoms with Crippen molar-refractivity contribution >= 4 is 17.2 Å². The summed E-state index contributed by atoms with van der Waals surface area (Å²) >= 11 is 1.03. The molecule has 0 aliphatic rings. The van der Waals surface area contributed by atoms with E-state index in [1.54, 1.807) is 0 Å². The molecule has 7 heteroatoms. The highest BCUT2D eigenvalue weighted by Gasteiger charge is 2.18. The number of ether oxygens (including phenoxy) is 1. The van der Waals surface area contributed by atoms with Gasteiger partial charge in [-0.2, -0.15) is 8.78 Å². The Hall–Kier alpha value is -1.99. The van der Waals surface area contributed by atoms with E-state index in [-0.39, 0.29) is 29.7 Å². The first kappa shape index (κ1) is 17.4. The molecule has 124 valence electrons. The molecule has 0 aliphatic heterocycles. The van der Waals surface area contributed by atoms with Gasteiger partial charge in [0, 0.05) is 19.1 Å². The number of aliphatic hydroxyl groups excluding tert-OH is 1. The van der Waals surface area contributed by atoms with Gasteiger partial charge in [0.25, 0.3) is 5.91 Å². The Morgan fingerprint density at radius 1 is 1.26 bits per heavy atom. The molecule has 2 N–H and O–H groups in total. The molecule has 1 heterocycles. The zero-order valence-electron chi connectivity index (χ0n) is 12.2. The summed E-state index contributed by atoms with van der Waals surface area (Å²) in [6.45, 7) is -2.81. The fraction of sp³-hybridized carbons (Fsp3) is 0.312. The van der Waals surface area contributed by atoms with Crippen molar-refractivity contribution in [2.75, 3.05) is 13.2 Å². The van der Waals surface area contributed by atoms with Crippen LogP contribution in [0.25, 0.3) is 0 Å². The maximum absolute atomic E-state index is 12.3. The average Bonchev–Trinajstić information content (AvgIpc) is 2.99. The molecule has 0 spiro atoms. The lowest BCUT2D eigenvalue weighted by Crippen LogP contribution is -2.31. The molecular formula is C16H17F2NO3S. The number of thiophene rings is 1. The molecule has 4 nitrogen and oxygen atoms in total. The Balaban J connectivity index is 1.91. The smallest absolute Gasteiger partial charge is 0.387 e. The van der Waals surface area contributed by atoms with Crippen LogP contribution in [-0.4, -0.2) is 30.8 Å². The minimum atomic E-state index is -2.97. The fourth-order valence-electron chi connectivity index (χ4n) is 2.12. The molecule has 1 unspecified atom stereocenters. The van der Waals surface area contributed by atoms with Crippen molar-refractivity contribution in [2.24, 2.45) is 5.92 Å². The van der Waals surface area contributed by atoms with E-state index in [4.69, 9.17) is 0 Å². The Morgan fingerprint density at radius 3 is 2.65 bits per heavy atom. The third-order valence-corrected chi connectivity index (χ3v) is 4.12. The lowest BCUT2D eigenvalue weighted by atomic mass is 10.00. The highest BCUT2D eigenvalue weighted by molar-refractivity contribution is 7.12. The van der Waals surface area contributed by atoms with E-state index < -0.39 is 12.5 Å². The summed E-state index contributed by atoms with van der Waals surface area (Å²) in [7, 11) is 0. The van der Waals surface area contributed by atoms with Crippen LogP contribution in [0.3, 0.4) is 0 Å². The van der Waals surface area contributed by atoms with E-state index in [0.717, 1.165) is 16.9 Å². The van der Waals surface area contributed by atoms with E-state index >= 15 is 0 Å². The topological polar surface area (TPSA) is 58.6 Å². The second-order valence-electron chi connectivity index (χ2n) is 4.94. The summed E-state index contributed by atoms with van der Waals surface area (Å²) in [6, 6.07) is 10.9. The monoisotopic (exact) mass is 341 g/mol. The van der Waals surface area contributed by atoms with Gasteiger partial charge >= 0.3 is 6.61 Å². The molecule has 0 fully saturated rings. The molecule has 0 saturated carbocycles. The van der Waals surface area contributed by atoms with Crippen molar-refractivity contribution < 1.29 is 23.4 Å². The summed E-state index contributed by atoms with van der Waals surface area (Å²) in [6.07, 6.45) is 0.614. The number of rotatable bonds is 8. The predicted octanol–water partition coefficient (Wildman–Crippen LogP) is 2.93. The van der Waals surface area contributed by atoms with Crippen molar-refractivity contribution in [3.8, 4) is 5.75 Å².